The van der Waals surface area contributed by atoms with Crippen LogP contribution in [0.3, 0.4) is 0 Å². The molecule has 2 aromatic rings. The molecule has 0 spiro atoms. The van der Waals surface area contributed by atoms with E-state index in [9.17, 15) is 0 Å². The maximum Gasteiger partial charge on any atom is 0.230 e. The molecule has 0 saturated heterocycles. The first-order valence-electron chi connectivity index (χ1n) is 6.79. The summed E-state index contributed by atoms with van der Waals surface area (Å²) in [5, 5.41) is 7.60. The minimum atomic E-state index is 0.0849. The summed E-state index contributed by atoms with van der Waals surface area (Å²) in [7, 11) is 1.90. The van der Waals surface area contributed by atoms with Crippen LogP contribution in [-0.4, -0.2) is 25.9 Å². The fourth-order valence-corrected chi connectivity index (χ4v) is 1.92. The van der Waals surface area contributed by atoms with Crippen molar-refractivity contribution < 1.29 is 4.74 Å². The minimum Gasteiger partial charge on any atom is -0.475 e. The zero-order chi connectivity index (χ0) is 14.7. The number of anilines is 2. The third kappa shape index (κ3) is 3.46. The largest absolute Gasteiger partial charge is 0.475 e. The Hall–Kier alpha value is -2.11. The number of rotatable bonds is 5. The second-order valence-corrected chi connectivity index (χ2v) is 4.98. The molecule has 0 atom stereocenters. The number of aryl methyl sites for hydroxylation is 3. The van der Waals surface area contributed by atoms with Gasteiger partial charge in [-0.1, -0.05) is 6.92 Å². The van der Waals surface area contributed by atoms with Crippen LogP contribution in [0.2, 0.25) is 0 Å². The summed E-state index contributed by atoms with van der Waals surface area (Å²) in [5.41, 5.74) is 2.78. The van der Waals surface area contributed by atoms with Crippen molar-refractivity contribution in [2.24, 2.45) is 7.05 Å². The average Bonchev–Trinajstić information content (AvgIpc) is 2.67. The molecule has 0 bridgehead atoms. The standard InChI is InChI=1S/C14H21N5O/c1-6-11-12(8-19(5)18-11)16-14-15-10(4)7-13(17-14)20-9(2)3/h7-9H,6H2,1-5H3,(H,15,16,17). The van der Waals surface area contributed by atoms with Crippen LogP contribution < -0.4 is 10.1 Å². The second-order valence-electron chi connectivity index (χ2n) is 4.98. The van der Waals surface area contributed by atoms with Gasteiger partial charge in [-0.3, -0.25) is 4.68 Å². The molecule has 0 aliphatic carbocycles. The van der Waals surface area contributed by atoms with Gasteiger partial charge >= 0.3 is 0 Å². The molecule has 0 aromatic carbocycles. The molecule has 0 fully saturated rings. The lowest BCUT2D eigenvalue weighted by Crippen LogP contribution is -2.09. The van der Waals surface area contributed by atoms with E-state index in [1.165, 1.54) is 0 Å². The van der Waals surface area contributed by atoms with Crippen LogP contribution in [0.5, 0.6) is 5.88 Å². The van der Waals surface area contributed by atoms with Gasteiger partial charge in [0, 0.05) is 25.0 Å². The Balaban J connectivity index is 2.26. The van der Waals surface area contributed by atoms with Gasteiger partial charge in [-0.2, -0.15) is 10.1 Å². The molecule has 6 heteroatoms. The highest BCUT2D eigenvalue weighted by Gasteiger charge is 2.10. The number of hydrogen-bond acceptors (Lipinski definition) is 5. The van der Waals surface area contributed by atoms with Gasteiger partial charge in [0.2, 0.25) is 11.8 Å². The molecule has 0 radical (unpaired) electrons. The highest BCUT2D eigenvalue weighted by atomic mass is 16.5. The quantitative estimate of drug-likeness (QED) is 0.908. The van der Waals surface area contributed by atoms with Crippen LogP contribution >= 0.6 is 0 Å². The van der Waals surface area contributed by atoms with Crippen molar-refractivity contribution in [3.8, 4) is 5.88 Å². The van der Waals surface area contributed by atoms with E-state index < -0.39 is 0 Å². The number of nitrogens with one attached hydrogen (secondary N) is 1. The third-order valence-electron chi connectivity index (χ3n) is 2.67. The molecule has 108 valence electrons. The van der Waals surface area contributed by atoms with Gasteiger partial charge < -0.3 is 10.1 Å². The first-order valence-corrected chi connectivity index (χ1v) is 6.79. The highest BCUT2D eigenvalue weighted by molar-refractivity contribution is 5.55. The van der Waals surface area contributed by atoms with Crippen molar-refractivity contribution in [2.75, 3.05) is 5.32 Å². The van der Waals surface area contributed by atoms with Crippen LogP contribution in [0.4, 0.5) is 11.6 Å². The number of hydrogen-bond donors (Lipinski definition) is 1. The number of ether oxygens (including phenoxy) is 1. The summed E-state index contributed by atoms with van der Waals surface area (Å²) in [4.78, 5) is 8.75. The van der Waals surface area contributed by atoms with Gasteiger partial charge in [0.25, 0.3) is 0 Å². The average molecular weight is 275 g/mol. The molecule has 0 amide bonds. The van der Waals surface area contributed by atoms with Crippen LogP contribution in [0.1, 0.15) is 32.2 Å². The fraction of sp³-hybridized carbons (Fsp3) is 0.500. The Morgan fingerprint density at radius 2 is 2.10 bits per heavy atom. The van der Waals surface area contributed by atoms with Crippen LogP contribution in [0.25, 0.3) is 0 Å². The predicted molar refractivity (Wildman–Crippen MR) is 78.4 cm³/mol. The molecule has 0 saturated carbocycles. The fourth-order valence-electron chi connectivity index (χ4n) is 1.92. The van der Waals surface area contributed by atoms with E-state index in [1.807, 2.05) is 40.1 Å². The van der Waals surface area contributed by atoms with E-state index in [0.29, 0.717) is 11.8 Å². The van der Waals surface area contributed by atoms with Gasteiger partial charge in [-0.15, -0.1) is 0 Å². The monoisotopic (exact) mass is 275 g/mol. The predicted octanol–water partition coefficient (Wildman–Crippen LogP) is 2.61. The van der Waals surface area contributed by atoms with Crippen molar-refractivity contribution in [3.63, 3.8) is 0 Å². The maximum atomic E-state index is 5.62. The normalized spacial score (nSPS) is 10.9. The molecule has 2 heterocycles. The van der Waals surface area contributed by atoms with Crippen LogP contribution in [-0.2, 0) is 13.5 Å². The van der Waals surface area contributed by atoms with Crippen molar-refractivity contribution in [3.05, 3.63) is 23.7 Å². The van der Waals surface area contributed by atoms with E-state index in [0.717, 1.165) is 23.5 Å². The molecule has 6 nitrogen and oxygen atoms in total. The van der Waals surface area contributed by atoms with E-state index >= 15 is 0 Å². The molecular formula is C14H21N5O. The zero-order valence-electron chi connectivity index (χ0n) is 12.6. The summed E-state index contributed by atoms with van der Waals surface area (Å²) in [5.74, 6) is 1.11. The third-order valence-corrected chi connectivity index (χ3v) is 2.67. The summed E-state index contributed by atoms with van der Waals surface area (Å²) in [6.07, 6.45) is 2.86. The van der Waals surface area contributed by atoms with E-state index in [2.05, 4.69) is 27.3 Å². The molecule has 1 N–H and O–H groups in total. The summed E-state index contributed by atoms with van der Waals surface area (Å²) >= 11 is 0. The topological polar surface area (TPSA) is 64.9 Å². The lowest BCUT2D eigenvalue weighted by atomic mass is 10.3. The Kier molecular flexibility index (Phi) is 4.22. The first-order chi connectivity index (χ1) is 9.47. The van der Waals surface area contributed by atoms with Crippen molar-refractivity contribution in [1.29, 1.82) is 0 Å². The van der Waals surface area contributed by atoms with Gasteiger partial charge in [0.15, 0.2) is 0 Å². The lowest BCUT2D eigenvalue weighted by Gasteiger charge is -2.11. The Labute approximate surface area is 119 Å². The maximum absolute atomic E-state index is 5.62. The minimum absolute atomic E-state index is 0.0849. The first kappa shape index (κ1) is 14.3. The van der Waals surface area contributed by atoms with Crippen molar-refractivity contribution in [1.82, 2.24) is 19.7 Å². The Morgan fingerprint density at radius 1 is 1.35 bits per heavy atom. The van der Waals surface area contributed by atoms with Crippen LogP contribution in [0, 0.1) is 6.92 Å². The Morgan fingerprint density at radius 3 is 2.75 bits per heavy atom. The smallest absolute Gasteiger partial charge is 0.230 e. The van der Waals surface area contributed by atoms with E-state index in [-0.39, 0.29) is 6.10 Å². The molecule has 2 rings (SSSR count). The number of nitrogens with zero attached hydrogens (tertiary/aromatic N) is 4. The van der Waals surface area contributed by atoms with Gasteiger partial charge in [0.05, 0.1) is 17.5 Å². The summed E-state index contributed by atoms with van der Waals surface area (Å²) in [6.45, 7) is 7.93. The molecule has 2 aromatic heterocycles. The van der Waals surface area contributed by atoms with Crippen LogP contribution in [0.15, 0.2) is 12.3 Å². The number of aromatic nitrogens is 4. The Bertz CT molecular complexity index is 591. The van der Waals surface area contributed by atoms with E-state index in [1.54, 1.807) is 4.68 Å². The highest BCUT2D eigenvalue weighted by Crippen LogP contribution is 2.20. The molecule has 0 aliphatic heterocycles. The van der Waals surface area contributed by atoms with Crippen molar-refractivity contribution >= 4 is 11.6 Å². The van der Waals surface area contributed by atoms with Crippen molar-refractivity contribution in [2.45, 2.75) is 40.2 Å². The summed E-state index contributed by atoms with van der Waals surface area (Å²) < 4.78 is 7.40. The molecule has 20 heavy (non-hydrogen) atoms. The van der Waals surface area contributed by atoms with Gasteiger partial charge in [0.1, 0.15) is 0 Å². The second kappa shape index (κ2) is 5.90. The van der Waals surface area contributed by atoms with E-state index in [4.69, 9.17) is 4.74 Å². The summed E-state index contributed by atoms with van der Waals surface area (Å²) in [6, 6.07) is 1.83. The molecule has 0 aliphatic rings. The SMILES string of the molecule is CCc1nn(C)cc1Nc1nc(C)cc(OC(C)C)n1. The van der Waals surface area contributed by atoms with Gasteiger partial charge in [-0.25, -0.2) is 4.98 Å². The molecule has 0 unspecified atom stereocenters. The molecular weight excluding hydrogens is 254 g/mol. The lowest BCUT2D eigenvalue weighted by molar-refractivity contribution is 0.232. The van der Waals surface area contributed by atoms with Gasteiger partial charge in [-0.05, 0) is 27.2 Å². The zero-order valence-corrected chi connectivity index (χ0v) is 12.6.